The fraction of sp³-hybridized carbons (Fsp3) is 0.600. The fourth-order valence-electron chi connectivity index (χ4n) is 0.241. The van der Waals surface area contributed by atoms with Gasteiger partial charge in [-0.1, -0.05) is 6.08 Å². The lowest BCUT2D eigenvalue weighted by atomic mass is 10.3. The molecule has 1 atom stereocenters. The third-order valence-corrected chi connectivity index (χ3v) is 0.675. The molecule has 0 aromatic heterocycles. The highest BCUT2D eigenvalue weighted by Gasteiger charge is 1.97. The molecule has 0 spiro atoms. The van der Waals surface area contributed by atoms with Gasteiger partial charge < -0.3 is 5.11 Å². The van der Waals surface area contributed by atoms with Crippen LogP contribution in [-0.4, -0.2) is 11.2 Å². The molecule has 42 valence electrons. The Morgan fingerprint density at radius 2 is 2.29 bits per heavy atom. The molecule has 1 nitrogen and oxygen atoms in total. The highest BCUT2D eigenvalue weighted by atomic mass is 19.1. The van der Waals surface area contributed by atoms with Crippen LogP contribution >= 0.6 is 0 Å². The predicted molar refractivity (Wildman–Crippen MR) is 26.5 cm³/mol. The monoisotopic (exact) mass is 104 g/mol. The van der Waals surface area contributed by atoms with Gasteiger partial charge in [-0.3, -0.25) is 0 Å². The summed E-state index contributed by atoms with van der Waals surface area (Å²) in [6, 6.07) is 0. The van der Waals surface area contributed by atoms with Crippen LogP contribution in [0.4, 0.5) is 4.39 Å². The predicted octanol–water partition coefficient (Wildman–Crippen LogP) is 1.24. The maximum atomic E-state index is 11.9. The topological polar surface area (TPSA) is 20.2 Å². The summed E-state index contributed by atoms with van der Waals surface area (Å²) < 4.78 is 11.9. The highest BCUT2D eigenvalue weighted by molar-refractivity contribution is 4.93. The van der Waals surface area contributed by atoms with Gasteiger partial charge >= 0.3 is 0 Å². The fourth-order valence-corrected chi connectivity index (χ4v) is 0.241. The van der Waals surface area contributed by atoms with Gasteiger partial charge in [0.15, 0.2) is 0 Å². The number of aliphatic hydroxyl groups is 1. The van der Waals surface area contributed by atoms with Gasteiger partial charge in [-0.25, -0.2) is 4.39 Å². The quantitative estimate of drug-likeness (QED) is 0.530. The summed E-state index contributed by atoms with van der Waals surface area (Å²) in [5.41, 5.74) is 0. The lowest BCUT2D eigenvalue weighted by Crippen LogP contribution is -1.98. The van der Waals surface area contributed by atoms with Crippen LogP contribution < -0.4 is 0 Å². The van der Waals surface area contributed by atoms with Crippen LogP contribution in [0.3, 0.4) is 0 Å². The number of rotatable bonds is 1. The minimum absolute atomic E-state index is 0.472. The molecular formula is C5H9FO. The van der Waals surface area contributed by atoms with Crippen molar-refractivity contribution in [1.82, 2.24) is 0 Å². The van der Waals surface area contributed by atoms with E-state index in [4.69, 9.17) is 5.11 Å². The zero-order chi connectivity index (χ0) is 5.86. The summed E-state index contributed by atoms with van der Waals surface area (Å²) in [6.07, 6.45) is 0.301. The SMILES string of the molecule is C/C=C(\F)C(C)O. The normalized spacial score (nSPS) is 16.9. The van der Waals surface area contributed by atoms with Crippen molar-refractivity contribution in [2.75, 3.05) is 0 Å². The first-order chi connectivity index (χ1) is 3.18. The Kier molecular flexibility index (Phi) is 2.60. The van der Waals surface area contributed by atoms with Crippen molar-refractivity contribution < 1.29 is 9.50 Å². The minimum Gasteiger partial charge on any atom is -0.386 e. The maximum absolute atomic E-state index is 11.9. The van der Waals surface area contributed by atoms with Crippen LogP contribution in [0.25, 0.3) is 0 Å². The number of hydrogen-bond donors (Lipinski definition) is 1. The van der Waals surface area contributed by atoms with Crippen molar-refractivity contribution in [3.05, 3.63) is 11.9 Å². The Labute approximate surface area is 42.5 Å². The van der Waals surface area contributed by atoms with E-state index in [9.17, 15) is 4.39 Å². The molecule has 7 heavy (non-hydrogen) atoms. The molecule has 0 rings (SSSR count). The summed E-state index contributed by atoms with van der Waals surface area (Å²) >= 11 is 0. The number of aliphatic hydroxyl groups excluding tert-OH is 1. The van der Waals surface area contributed by atoms with E-state index < -0.39 is 11.9 Å². The molecule has 0 radical (unpaired) electrons. The van der Waals surface area contributed by atoms with Gasteiger partial charge in [0.1, 0.15) is 11.9 Å². The van der Waals surface area contributed by atoms with Gasteiger partial charge in [-0.2, -0.15) is 0 Å². The van der Waals surface area contributed by atoms with E-state index in [1.807, 2.05) is 0 Å². The maximum Gasteiger partial charge on any atom is 0.124 e. The van der Waals surface area contributed by atoms with Crippen molar-refractivity contribution in [1.29, 1.82) is 0 Å². The van der Waals surface area contributed by atoms with Crippen LogP contribution in [0.1, 0.15) is 13.8 Å². The van der Waals surface area contributed by atoms with Gasteiger partial charge in [0.05, 0.1) is 0 Å². The molecule has 0 saturated carbocycles. The van der Waals surface area contributed by atoms with Crippen molar-refractivity contribution in [2.24, 2.45) is 0 Å². The van der Waals surface area contributed by atoms with E-state index in [0.717, 1.165) is 0 Å². The smallest absolute Gasteiger partial charge is 0.124 e. The van der Waals surface area contributed by atoms with E-state index in [1.165, 1.54) is 13.0 Å². The summed E-state index contributed by atoms with van der Waals surface area (Å²) in [7, 11) is 0. The molecule has 0 aliphatic carbocycles. The van der Waals surface area contributed by atoms with Crippen LogP contribution in [-0.2, 0) is 0 Å². The van der Waals surface area contributed by atoms with Crippen molar-refractivity contribution >= 4 is 0 Å². The summed E-state index contributed by atoms with van der Waals surface area (Å²) in [5, 5.41) is 8.38. The number of halogens is 1. The zero-order valence-electron chi connectivity index (χ0n) is 4.48. The van der Waals surface area contributed by atoms with Crippen molar-refractivity contribution in [3.8, 4) is 0 Å². The lowest BCUT2D eigenvalue weighted by Gasteiger charge is -1.95. The van der Waals surface area contributed by atoms with Crippen molar-refractivity contribution in [2.45, 2.75) is 20.0 Å². The van der Waals surface area contributed by atoms with Gasteiger partial charge in [0.2, 0.25) is 0 Å². The van der Waals surface area contributed by atoms with E-state index in [-0.39, 0.29) is 0 Å². The lowest BCUT2D eigenvalue weighted by molar-refractivity contribution is 0.201. The molecule has 0 bridgehead atoms. The highest BCUT2D eigenvalue weighted by Crippen LogP contribution is 2.00. The molecule has 0 aromatic carbocycles. The Balaban J connectivity index is 3.56. The standard InChI is InChI=1S/C5H9FO/c1-3-5(6)4(2)7/h3-4,7H,1-2H3/b5-3-. The second-order valence-corrected chi connectivity index (χ2v) is 1.35. The summed E-state index contributed by atoms with van der Waals surface area (Å²) in [6.45, 7) is 2.93. The van der Waals surface area contributed by atoms with Crippen LogP contribution in [0.2, 0.25) is 0 Å². The number of allylic oxidation sites excluding steroid dienone is 1. The van der Waals surface area contributed by atoms with E-state index in [1.54, 1.807) is 6.92 Å². The summed E-state index contributed by atoms with van der Waals surface area (Å²) in [4.78, 5) is 0. The Morgan fingerprint density at radius 1 is 1.86 bits per heavy atom. The Hall–Kier alpha value is -0.370. The molecule has 0 saturated heterocycles. The van der Waals surface area contributed by atoms with Crippen LogP contribution in [0, 0.1) is 0 Å². The average Bonchev–Trinajstić information content (AvgIpc) is 1.65. The second kappa shape index (κ2) is 2.75. The van der Waals surface area contributed by atoms with Gasteiger partial charge in [0, 0.05) is 0 Å². The molecule has 0 fully saturated rings. The van der Waals surface area contributed by atoms with Gasteiger partial charge in [0.25, 0.3) is 0 Å². The molecule has 1 unspecified atom stereocenters. The zero-order valence-corrected chi connectivity index (χ0v) is 4.48. The number of hydrogen-bond acceptors (Lipinski definition) is 1. The van der Waals surface area contributed by atoms with Crippen LogP contribution in [0.15, 0.2) is 11.9 Å². The van der Waals surface area contributed by atoms with Gasteiger partial charge in [-0.05, 0) is 13.8 Å². The Bertz CT molecular complexity index is 76.1. The molecule has 0 aromatic rings. The average molecular weight is 104 g/mol. The third kappa shape index (κ3) is 2.34. The molecule has 0 amide bonds. The first kappa shape index (κ1) is 6.63. The van der Waals surface area contributed by atoms with E-state index in [2.05, 4.69) is 0 Å². The minimum atomic E-state index is -0.940. The summed E-state index contributed by atoms with van der Waals surface area (Å²) in [5.74, 6) is -0.472. The van der Waals surface area contributed by atoms with Crippen LogP contribution in [0.5, 0.6) is 0 Å². The molecule has 0 heterocycles. The van der Waals surface area contributed by atoms with Crippen molar-refractivity contribution in [3.63, 3.8) is 0 Å². The molecule has 2 heteroatoms. The molecule has 1 N–H and O–H groups in total. The Morgan fingerprint density at radius 3 is 2.29 bits per heavy atom. The molecule has 0 aliphatic rings. The largest absolute Gasteiger partial charge is 0.386 e. The first-order valence-corrected chi connectivity index (χ1v) is 2.18. The molecule has 0 aliphatic heterocycles. The van der Waals surface area contributed by atoms with E-state index >= 15 is 0 Å². The first-order valence-electron chi connectivity index (χ1n) is 2.18. The second-order valence-electron chi connectivity index (χ2n) is 1.35. The van der Waals surface area contributed by atoms with Gasteiger partial charge in [-0.15, -0.1) is 0 Å². The molecular weight excluding hydrogens is 95.1 g/mol. The third-order valence-electron chi connectivity index (χ3n) is 0.675. The van der Waals surface area contributed by atoms with E-state index in [0.29, 0.717) is 0 Å².